The predicted octanol–water partition coefficient (Wildman–Crippen LogP) is 3.77. The monoisotopic (exact) mass is 295 g/mol. The van der Waals surface area contributed by atoms with Gasteiger partial charge >= 0.3 is 0 Å². The molecule has 0 aliphatic carbocycles. The summed E-state index contributed by atoms with van der Waals surface area (Å²) in [5, 5.41) is 3.41. The minimum atomic E-state index is -0.215. The first-order valence-electron chi connectivity index (χ1n) is 7.76. The van der Waals surface area contributed by atoms with Crippen LogP contribution in [0.25, 0.3) is 22.4 Å². The van der Waals surface area contributed by atoms with Gasteiger partial charge in [0, 0.05) is 11.6 Å². The SMILES string of the molecule is Fc1ccc(-c2nc3ccccc3n2C2CCNCC2)cc1. The van der Waals surface area contributed by atoms with E-state index in [0.29, 0.717) is 6.04 Å². The van der Waals surface area contributed by atoms with Crippen molar-refractivity contribution in [1.82, 2.24) is 14.9 Å². The molecule has 1 fully saturated rings. The van der Waals surface area contributed by atoms with Gasteiger partial charge in [0.15, 0.2) is 0 Å². The van der Waals surface area contributed by atoms with Crippen molar-refractivity contribution in [3.8, 4) is 11.4 Å². The van der Waals surface area contributed by atoms with E-state index in [2.05, 4.69) is 22.0 Å². The molecule has 0 saturated carbocycles. The lowest BCUT2D eigenvalue weighted by atomic mass is 10.1. The molecular formula is C18H18FN3. The van der Waals surface area contributed by atoms with Gasteiger partial charge in [-0.1, -0.05) is 12.1 Å². The Labute approximate surface area is 128 Å². The highest BCUT2D eigenvalue weighted by Crippen LogP contribution is 2.32. The van der Waals surface area contributed by atoms with E-state index in [1.807, 2.05) is 24.3 Å². The third kappa shape index (κ3) is 2.29. The van der Waals surface area contributed by atoms with Crippen molar-refractivity contribution in [3.05, 3.63) is 54.3 Å². The van der Waals surface area contributed by atoms with Gasteiger partial charge in [-0.05, 0) is 62.3 Å². The molecule has 4 heteroatoms. The molecule has 2 aromatic carbocycles. The van der Waals surface area contributed by atoms with E-state index in [4.69, 9.17) is 4.98 Å². The lowest BCUT2D eigenvalue weighted by molar-refractivity contribution is 0.377. The third-order valence-electron chi connectivity index (χ3n) is 4.37. The van der Waals surface area contributed by atoms with E-state index in [0.717, 1.165) is 48.4 Å². The quantitative estimate of drug-likeness (QED) is 0.780. The van der Waals surface area contributed by atoms with Crippen LogP contribution in [-0.2, 0) is 0 Å². The Morgan fingerprint density at radius 2 is 1.73 bits per heavy atom. The number of nitrogens with one attached hydrogen (secondary N) is 1. The van der Waals surface area contributed by atoms with Gasteiger partial charge in [-0.15, -0.1) is 0 Å². The summed E-state index contributed by atoms with van der Waals surface area (Å²) in [6, 6.07) is 15.3. The number of rotatable bonds is 2. The van der Waals surface area contributed by atoms with Crippen LogP contribution in [0.15, 0.2) is 48.5 Å². The van der Waals surface area contributed by atoms with E-state index >= 15 is 0 Å². The van der Waals surface area contributed by atoms with Crippen LogP contribution in [0.5, 0.6) is 0 Å². The van der Waals surface area contributed by atoms with E-state index in [9.17, 15) is 4.39 Å². The Balaban J connectivity index is 1.90. The fourth-order valence-corrected chi connectivity index (χ4v) is 3.28. The molecule has 4 rings (SSSR count). The maximum atomic E-state index is 13.2. The van der Waals surface area contributed by atoms with Crippen LogP contribution in [0.3, 0.4) is 0 Å². The van der Waals surface area contributed by atoms with Crippen molar-refractivity contribution in [3.63, 3.8) is 0 Å². The number of hydrogen-bond donors (Lipinski definition) is 1. The summed E-state index contributed by atoms with van der Waals surface area (Å²) < 4.78 is 15.6. The van der Waals surface area contributed by atoms with Crippen LogP contribution in [0.1, 0.15) is 18.9 Å². The van der Waals surface area contributed by atoms with Gasteiger partial charge in [0.05, 0.1) is 11.0 Å². The highest BCUT2D eigenvalue weighted by molar-refractivity contribution is 5.80. The molecule has 0 radical (unpaired) electrons. The summed E-state index contributed by atoms with van der Waals surface area (Å²) in [4.78, 5) is 4.81. The first-order chi connectivity index (χ1) is 10.8. The Morgan fingerprint density at radius 3 is 2.50 bits per heavy atom. The number of fused-ring (bicyclic) bond motifs is 1. The van der Waals surface area contributed by atoms with Crippen molar-refractivity contribution in [2.75, 3.05) is 13.1 Å². The van der Waals surface area contributed by atoms with Crippen LogP contribution < -0.4 is 5.32 Å². The third-order valence-corrected chi connectivity index (χ3v) is 4.37. The molecule has 112 valence electrons. The fraction of sp³-hybridized carbons (Fsp3) is 0.278. The molecule has 1 aromatic heterocycles. The predicted molar refractivity (Wildman–Crippen MR) is 86.3 cm³/mol. The normalized spacial score (nSPS) is 16.2. The largest absolute Gasteiger partial charge is 0.321 e. The average molecular weight is 295 g/mol. The number of aromatic nitrogens is 2. The van der Waals surface area contributed by atoms with Crippen molar-refractivity contribution in [2.24, 2.45) is 0 Å². The number of halogens is 1. The second-order valence-electron chi connectivity index (χ2n) is 5.78. The molecule has 0 bridgehead atoms. The number of nitrogens with zero attached hydrogens (tertiary/aromatic N) is 2. The molecule has 0 atom stereocenters. The molecular weight excluding hydrogens is 277 g/mol. The second-order valence-corrected chi connectivity index (χ2v) is 5.78. The molecule has 22 heavy (non-hydrogen) atoms. The zero-order chi connectivity index (χ0) is 14.9. The van der Waals surface area contributed by atoms with Crippen LogP contribution in [-0.4, -0.2) is 22.6 Å². The summed E-state index contributed by atoms with van der Waals surface area (Å²) in [7, 11) is 0. The van der Waals surface area contributed by atoms with E-state index in [1.54, 1.807) is 0 Å². The molecule has 1 aliphatic rings. The van der Waals surface area contributed by atoms with E-state index in [-0.39, 0.29) is 5.82 Å². The smallest absolute Gasteiger partial charge is 0.141 e. The maximum Gasteiger partial charge on any atom is 0.141 e. The van der Waals surface area contributed by atoms with Gasteiger partial charge in [0.25, 0.3) is 0 Å². The zero-order valence-electron chi connectivity index (χ0n) is 12.3. The minimum Gasteiger partial charge on any atom is -0.321 e. The topological polar surface area (TPSA) is 29.9 Å². The lowest BCUT2D eigenvalue weighted by Crippen LogP contribution is -2.29. The first kappa shape index (κ1) is 13.5. The number of piperidine rings is 1. The minimum absolute atomic E-state index is 0.215. The highest BCUT2D eigenvalue weighted by Gasteiger charge is 2.21. The van der Waals surface area contributed by atoms with Crippen LogP contribution in [0, 0.1) is 5.82 Å². The Morgan fingerprint density at radius 1 is 1.00 bits per heavy atom. The van der Waals surface area contributed by atoms with Gasteiger partial charge in [-0.2, -0.15) is 0 Å². The average Bonchev–Trinajstić information content (AvgIpc) is 2.96. The van der Waals surface area contributed by atoms with E-state index in [1.165, 1.54) is 12.1 Å². The molecule has 0 amide bonds. The number of imidazole rings is 1. The fourth-order valence-electron chi connectivity index (χ4n) is 3.28. The zero-order valence-corrected chi connectivity index (χ0v) is 12.3. The number of para-hydroxylation sites is 2. The number of hydrogen-bond acceptors (Lipinski definition) is 2. The van der Waals surface area contributed by atoms with Crippen molar-refractivity contribution < 1.29 is 4.39 Å². The number of benzene rings is 2. The molecule has 3 nitrogen and oxygen atoms in total. The van der Waals surface area contributed by atoms with Gasteiger partial charge in [0.1, 0.15) is 11.6 Å². The van der Waals surface area contributed by atoms with E-state index < -0.39 is 0 Å². The van der Waals surface area contributed by atoms with Crippen LogP contribution in [0.2, 0.25) is 0 Å². The van der Waals surface area contributed by atoms with Gasteiger partial charge in [-0.3, -0.25) is 0 Å². The summed E-state index contributed by atoms with van der Waals surface area (Å²) in [6.45, 7) is 2.06. The van der Waals surface area contributed by atoms with Gasteiger partial charge in [-0.25, -0.2) is 9.37 Å². The molecule has 1 N–H and O–H groups in total. The summed E-state index contributed by atoms with van der Waals surface area (Å²) in [5.41, 5.74) is 3.13. The summed E-state index contributed by atoms with van der Waals surface area (Å²) in [5.74, 6) is 0.723. The summed E-state index contributed by atoms with van der Waals surface area (Å²) >= 11 is 0. The molecule has 1 aliphatic heterocycles. The van der Waals surface area contributed by atoms with Crippen molar-refractivity contribution >= 4 is 11.0 Å². The maximum absolute atomic E-state index is 13.2. The van der Waals surface area contributed by atoms with Crippen LogP contribution in [0.4, 0.5) is 4.39 Å². The lowest BCUT2D eigenvalue weighted by Gasteiger charge is -2.26. The Kier molecular flexibility index (Phi) is 3.39. The molecule has 2 heterocycles. The molecule has 1 saturated heterocycles. The molecule has 0 spiro atoms. The Hall–Kier alpha value is -2.20. The van der Waals surface area contributed by atoms with Gasteiger partial charge in [0.2, 0.25) is 0 Å². The molecule has 0 unspecified atom stereocenters. The summed E-state index contributed by atoms with van der Waals surface area (Å²) in [6.07, 6.45) is 2.18. The first-order valence-corrected chi connectivity index (χ1v) is 7.76. The highest BCUT2D eigenvalue weighted by atomic mass is 19.1. The van der Waals surface area contributed by atoms with Crippen molar-refractivity contribution in [2.45, 2.75) is 18.9 Å². The van der Waals surface area contributed by atoms with Crippen molar-refractivity contribution in [1.29, 1.82) is 0 Å². The second kappa shape index (κ2) is 5.54. The standard InChI is InChI=1S/C18H18FN3/c19-14-7-5-13(6-8-14)18-21-16-3-1-2-4-17(16)22(18)15-9-11-20-12-10-15/h1-8,15,20H,9-12H2. The Bertz CT molecular complexity index is 786. The van der Waals surface area contributed by atoms with Crippen LogP contribution >= 0.6 is 0 Å². The molecule has 3 aromatic rings. The van der Waals surface area contributed by atoms with Gasteiger partial charge < -0.3 is 9.88 Å².